The van der Waals surface area contributed by atoms with Gasteiger partial charge in [0, 0.05) is 31.7 Å². The fraction of sp³-hybridized carbons (Fsp3) is 0.417. The van der Waals surface area contributed by atoms with Gasteiger partial charge in [-0.05, 0) is 26.0 Å². The summed E-state index contributed by atoms with van der Waals surface area (Å²) in [5.41, 5.74) is 3.44. The molecule has 2 aromatic heterocycles. The van der Waals surface area contributed by atoms with Crippen LogP contribution in [-0.2, 0) is 20.1 Å². The number of hydrogen-bond donors (Lipinski definition) is 1. The lowest BCUT2D eigenvalue weighted by Gasteiger charge is -2.08. The number of nitrogens with one attached hydrogen (secondary N) is 1. The number of nitrogens with zero attached hydrogens (tertiary/aromatic N) is 3. The molecule has 0 spiro atoms. The lowest BCUT2D eigenvalue weighted by atomic mass is 10.3. The first-order valence-electron chi connectivity index (χ1n) is 5.59. The largest absolute Gasteiger partial charge is 0.377 e. The number of anilines is 1. The molecule has 4 heteroatoms. The molecule has 0 bridgehead atoms. The van der Waals surface area contributed by atoms with E-state index in [2.05, 4.69) is 40.2 Å². The van der Waals surface area contributed by atoms with E-state index in [0.717, 1.165) is 24.5 Å². The van der Waals surface area contributed by atoms with Crippen LogP contribution in [0.15, 0.2) is 24.5 Å². The zero-order valence-corrected chi connectivity index (χ0v) is 10.1. The van der Waals surface area contributed by atoms with E-state index >= 15 is 0 Å². The summed E-state index contributed by atoms with van der Waals surface area (Å²) in [6.07, 6.45) is 4.11. The van der Waals surface area contributed by atoms with Gasteiger partial charge in [0.05, 0.1) is 17.9 Å². The van der Waals surface area contributed by atoms with Crippen molar-refractivity contribution in [2.45, 2.75) is 26.9 Å². The summed E-state index contributed by atoms with van der Waals surface area (Å²) >= 11 is 0. The summed E-state index contributed by atoms with van der Waals surface area (Å²) in [5, 5.41) is 7.71. The summed E-state index contributed by atoms with van der Waals surface area (Å²) in [6.45, 7) is 6.02. The van der Waals surface area contributed by atoms with E-state index in [1.54, 1.807) is 0 Å². The molecule has 0 radical (unpaired) electrons. The Morgan fingerprint density at radius 1 is 1.44 bits per heavy atom. The first kappa shape index (κ1) is 10.8. The molecule has 0 fully saturated rings. The number of hydrogen-bond acceptors (Lipinski definition) is 2. The molecule has 0 aliphatic rings. The first-order chi connectivity index (χ1) is 7.70. The summed E-state index contributed by atoms with van der Waals surface area (Å²) in [5.74, 6) is 0. The predicted molar refractivity (Wildman–Crippen MR) is 65.4 cm³/mol. The monoisotopic (exact) mass is 218 g/mol. The third-order valence-corrected chi connectivity index (χ3v) is 2.74. The van der Waals surface area contributed by atoms with E-state index in [4.69, 9.17) is 0 Å². The van der Waals surface area contributed by atoms with Gasteiger partial charge in [0.15, 0.2) is 0 Å². The van der Waals surface area contributed by atoms with Gasteiger partial charge in [-0.2, -0.15) is 5.10 Å². The molecule has 0 amide bonds. The molecule has 2 rings (SSSR count). The highest BCUT2D eigenvalue weighted by Gasteiger charge is 2.03. The number of rotatable bonds is 4. The van der Waals surface area contributed by atoms with Gasteiger partial charge < -0.3 is 9.88 Å². The average Bonchev–Trinajstić information content (AvgIpc) is 2.81. The molecule has 16 heavy (non-hydrogen) atoms. The Bertz CT molecular complexity index is 467. The average molecular weight is 218 g/mol. The fourth-order valence-corrected chi connectivity index (χ4v) is 1.88. The second-order valence-electron chi connectivity index (χ2n) is 3.94. The highest BCUT2D eigenvalue weighted by molar-refractivity contribution is 5.45. The van der Waals surface area contributed by atoms with Gasteiger partial charge in [-0.25, -0.2) is 0 Å². The molecule has 0 aliphatic carbocycles. The molecule has 0 saturated carbocycles. The summed E-state index contributed by atoms with van der Waals surface area (Å²) in [6, 6.07) is 4.22. The summed E-state index contributed by atoms with van der Waals surface area (Å²) < 4.78 is 4.06. The maximum Gasteiger partial charge on any atom is 0.0825 e. The van der Waals surface area contributed by atoms with Crippen LogP contribution in [0.5, 0.6) is 0 Å². The van der Waals surface area contributed by atoms with E-state index in [0.29, 0.717) is 0 Å². The Kier molecular flexibility index (Phi) is 2.99. The van der Waals surface area contributed by atoms with Crippen molar-refractivity contribution in [2.75, 3.05) is 5.32 Å². The van der Waals surface area contributed by atoms with Crippen LogP contribution >= 0.6 is 0 Å². The van der Waals surface area contributed by atoms with Crippen molar-refractivity contribution in [3.63, 3.8) is 0 Å². The van der Waals surface area contributed by atoms with Crippen LogP contribution in [0.2, 0.25) is 0 Å². The predicted octanol–water partition coefficient (Wildman–Crippen LogP) is 2.16. The minimum Gasteiger partial charge on any atom is -0.377 e. The van der Waals surface area contributed by atoms with Crippen molar-refractivity contribution < 1.29 is 0 Å². The third kappa shape index (κ3) is 2.10. The highest BCUT2D eigenvalue weighted by atomic mass is 15.3. The van der Waals surface area contributed by atoms with Crippen LogP contribution in [0, 0.1) is 6.92 Å². The van der Waals surface area contributed by atoms with Crippen molar-refractivity contribution in [1.29, 1.82) is 0 Å². The second kappa shape index (κ2) is 4.43. The van der Waals surface area contributed by atoms with Crippen LogP contribution in [0.1, 0.15) is 18.3 Å². The smallest absolute Gasteiger partial charge is 0.0825 e. The minimum atomic E-state index is 0.841. The van der Waals surface area contributed by atoms with E-state index in [1.807, 2.05) is 24.9 Å². The standard InChI is InChI=1S/C12H18N4/c1-4-16-7-5-6-11(16)8-13-12-9-15(3)14-10(12)2/h5-7,9,13H,4,8H2,1-3H3. The zero-order chi connectivity index (χ0) is 11.5. The van der Waals surface area contributed by atoms with Crippen molar-refractivity contribution >= 4 is 5.69 Å². The van der Waals surface area contributed by atoms with Crippen molar-refractivity contribution in [2.24, 2.45) is 7.05 Å². The lowest BCUT2D eigenvalue weighted by molar-refractivity contribution is 0.724. The van der Waals surface area contributed by atoms with E-state index in [-0.39, 0.29) is 0 Å². The lowest BCUT2D eigenvalue weighted by Crippen LogP contribution is -2.06. The zero-order valence-electron chi connectivity index (χ0n) is 10.1. The van der Waals surface area contributed by atoms with E-state index in [9.17, 15) is 0 Å². The van der Waals surface area contributed by atoms with Crippen LogP contribution in [0.3, 0.4) is 0 Å². The van der Waals surface area contributed by atoms with Gasteiger partial charge in [-0.1, -0.05) is 0 Å². The summed E-state index contributed by atoms with van der Waals surface area (Å²) in [7, 11) is 1.94. The Balaban J connectivity index is 2.05. The second-order valence-corrected chi connectivity index (χ2v) is 3.94. The van der Waals surface area contributed by atoms with Gasteiger partial charge in [0.2, 0.25) is 0 Å². The van der Waals surface area contributed by atoms with E-state index < -0.39 is 0 Å². The molecule has 0 aliphatic heterocycles. The Morgan fingerprint density at radius 2 is 2.25 bits per heavy atom. The van der Waals surface area contributed by atoms with E-state index in [1.165, 1.54) is 5.69 Å². The SMILES string of the molecule is CCn1cccc1CNc1cn(C)nc1C. The Labute approximate surface area is 95.9 Å². The van der Waals surface area contributed by atoms with Crippen LogP contribution in [-0.4, -0.2) is 14.3 Å². The molecule has 0 unspecified atom stereocenters. The molecular weight excluding hydrogens is 200 g/mol. The van der Waals surface area contributed by atoms with Crippen LogP contribution in [0.25, 0.3) is 0 Å². The first-order valence-corrected chi connectivity index (χ1v) is 5.59. The molecule has 0 saturated heterocycles. The Hall–Kier alpha value is -1.71. The van der Waals surface area contributed by atoms with Crippen LogP contribution < -0.4 is 5.32 Å². The number of aromatic nitrogens is 3. The highest BCUT2D eigenvalue weighted by Crippen LogP contribution is 2.13. The van der Waals surface area contributed by atoms with Gasteiger partial charge in [0.25, 0.3) is 0 Å². The maximum absolute atomic E-state index is 4.30. The number of aryl methyl sites for hydroxylation is 3. The molecule has 0 aromatic carbocycles. The Morgan fingerprint density at radius 3 is 2.88 bits per heavy atom. The van der Waals surface area contributed by atoms with Crippen molar-refractivity contribution in [1.82, 2.24) is 14.3 Å². The molecule has 2 heterocycles. The molecule has 2 aromatic rings. The van der Waals surface area contributed by atoms with Crippen LogP contribution in [0.4, 0.5) is 5.69 Å². The molecule has 86 valence electrons. The van der Waals surface area contributed by atoms with Crippen molar-refractivity contribution in [3.8, 4) is 0 Å². The molecule has 0 atom stereocenters. The normalized spacial score (nSPS) is 10.7. The van der Waals surface area contributed by atoms with Gasteiger partial charge in [-0.3, -0.25) is 4.68 Å². The van der Waals surface area contributed by atoms with Gasteiger partial charge >= 0.3 is 0 Å². The fourth-order valence-electron chi connectivity index (χ4n) is 1.88. The quantitative estimate of drug-likeness (QED) is 0.853. The summed E-state index contributed by atoms with van der Waals surface area (Å²) in [4.78, 5) is 0. The molecular formula is C12H18N4. The van der Waals surface area contributed by atoms with Gasteiger partial charge in [0.1, 0.15) is 0 Å². The topological polar surface area (TPSA) is 34.8 Å². The van der Waals surface area contributed by atoms with Crippen molar-refractivity contribution in [3.05, 3.63) is 35.9 Å². The maximum atomic E-state index is 4.30. The molecule has 4 nitrogen and oxygen atoms in total. The van der Waals surface area contributed by atoms with Gasteiger partial charge in [-0.15, -0.1) is 0 Å². The minimum absolute atomic E-state index is 0.841. The third-order valence-electron chi connectivity index (χ3n) is 2.74. The molecule has 1 N–H and O–H groups in total.